The number of aryl methyl sites for hydroxylation is 1. The van der Waals surface area contributed by atoms with E-state index in [-0.39, 0.29) is 22.8 Å². The highest BCUT2D eigenvalue weighted by Crippen LogP contribution is 2.40. The van der Waals surface area contributed by atoms with Gasteiger partial charge in [-0.15, -0.1) is 0 Å². The lowest BCUT2D eigenvalue weighted by Gasteiger charge is -2.26. The standard InChI is InChI=1S/C16H14N2O5/c1-8-7-10-12(16(20)22-8)11(9-3-5-18-6-4-9)13(14(17)23-10)15(19)21-2/h3-7,11H,17H2,1-2H3. The summed E-state index contributed by atoms with van der Waals surface area (Å²) in [6, 6.07) is 4.94. The van der Waals surface area contributed by atoms with Crippen LogP contribution in [0.25, 0.3) is 0 Å². The number of hydrogen-bond acceptors (Lipinski definition) is 7. The smallest absolute Gasteiger partial charge is 0.343 e. The number of methoxy groups -OCH3 is 1. The van der Waals surface area contributed by atoms with Crippen LogP contribution in [0.3, 0.4) is 0 Å². The molecule has 118 valence electrons. The molecular weight excluding hydrogens is 300 g/mol. The molecule has 0 saturated heterocycles. The first-order valence-electron chi connectivity index (χ1n) is 6.83. The first kappa shape index (κ1) is 14.8. The van der Waals surface area contributed by atoms with Gasteiger partial charge in [0.05, 0.1) is 18.6 Å². The third-order valence-corrected chi connectivity index (χ3v) is 3.58. The number of pyridine rings is 1. The Morgan fingerprint density at radius 3 is 2.70 bits per heavy atom. The van der Waals surface area contributed by atoms with Crippen molar-refractivity contribution < 1.29 is 18.7 Å². The number of hydrogen-bond donors (Lipinski definition) is 1. The van der Waals surface area contributed by atoms with Gasteiger partial charge < -0.3 is 19.6 Å². The average molecular weight is 314 g/mol. The second kappa shape index (κ2) is 5.60. The van der Waals surface area contributed by atoms with Crippen LogP contribution in [-0.4, -0.2) is 18.1 Å². The molecule has 0 radical (unpaired) electrons. The second-order valence-corrected chi connectivity index (χ2v) is 5.01. The van der Waals surface area contributed by atoms with Crippen LogP contribution in [0, 0.1) is 6.92 Å². The Balaban J connectivity index is 2.31. The lowest BCUT2D eigenvalue weighted by atomic mass is 9.84. The molecule has 1 aliphatic rings. The molecule has 0 bridgehead atoms. The second-order valence-electron chi connectivity index (χ2n) is 5.01. The maximum Gasteiger partial charge on any atom is 0.343 e. The van der Waals surface area contributed by atoms with Crippen molar-refractivity contribution in [3.63, 3.8) is 0 Å². The van der Waals surface area contributed by atoms with Gasteiger partial charge in [0.1, 0.15) is 17.1 Å². The van der Waals surface area contributed by atoms with E-state index < -0.39 is 17.5 Å². The summed E-state index contributed by atoms with van der Waals surface area (Å²) in [5.41, 5.74) is 6.24. The fourth-order valence-electron chi connectivity index (χ4n) is 2.62. The number of aromatic nitrogens is 1. The van der Waals surface area contributed by atoms with Crippen molar-refractivity contribution in [2.24, 2.45) is 5.73 Å². The summed E-state index contributed by atoms with van der Waals surface area (Å²) in [4.78, 5) is 28.5. The van der Waals surface area contributed by atoms with Gasteiger partial charge in [-0.1, -0.05) is 0 Å². The number of esters is 1. The van der Waals surface area contributed by atoms with E-state index in [1.54, 1.807) is 37.5 Å². The Bertz CT molecular complexity index is 855. The molecule has 1 unspecified atom stereocenters. The third kappa shape index (κ3) is 2.46. The van der Waals surface area contributed by atoms with E-state index in [4.69, 9.17) is 19.6 Å². The molecule has 0 aliphatic carbocycles. The molecule has 2 aromatic rings. The SMILES string of the molecule is COC(=O)C1=C(N)Oc2cc(C)oc(=O)c2C1c1ccncc1. The van der Waals surface area contributed by atoms with E-state index in [1.807, 2.05) is 0 Å². The minimum atomic E-state index is -0.744. The van der Waals surface area contributed by atoms with E-state index in [0.29, 0.717) is 11.3 Å². The molecule has 1 atom stereocenters. The monoisotopic (exact) mass is 314 g/mol. The van der Waals surface area contributed by atoms with Crippen molar-refractivity contribution in [3.8, 4) is 5.75 Å². The summed E-state index contributed by atoms with van der Waals surface area (Å²) in [5, 5.41) is 0. The van der Waals surface area contributed by atoms with E-state index in [2.05, 4.69) is 4.98 Å². The molecule has 0 aromatic carbocycles. The van der Waals surface area contributed by atoms with Crippen molar-refractivity contribution >= 4 is 5.97 Å². The van der Waals surface area contributed by atoms with Gasteiger partial charge in [-0.3, -0.25) is 4.98 Å². The zero-order valence-electron chi connectivity index (χ0n) is 12.5. The van der Waals surface area contributed by atoms with Crippen LogP contribution in [0.2, 0.25) is 0 Å². The van der Waals surface area contributed by atoms with Crippen molar-refractivity contribution in [1.29, 1.82) is 0 Å². The topological polar surface area (TPSA) is 105 Å². The maximum atomic E-state index is 12.4. The molecule has 23 heavy (non-hydrogen) atoms. The van der Waals surface area contributed by atoms with Crippen molar-refractivity contribution in [1.82, 2.24) is 4.98 Å². The highest BCUT2D eigenvalue weighted by Gasteiger charge is 2.38. The first-order valence-corrected chi connectivity index (χ1v) is 6.83. The minimum absolute atomic E-state index is 0.0577. The molecule has 0 spiro atoms. The van der Waals surface area contributed by atoms with Gasteiger partial charge in [0.15, 0.2) is 0 Å². The molecule has 0 fully saturated rings. The highest BCUT2D eigenvalue weighted by molar-refractivity contribution is 5.92. The summed E-state index contributed by atoms with van der Waals surface area (Å²) in [6.07, 6.45) is 3.12. The van der Waals surface area contributed by atoms with E-state index in [9.17, 15) is 9.59 Å². The van der Waals surface area contributed by atoms with Gasteiger partial charge in [-0.25, -0.2) is 9.59 Å². The van der Waals surface area contributed by atoms with Gasteiger partial charge in [0.2, 0.25) is 5.88 Å². The van der Waals surface area contributed by atoms with E-state index >= 15 is 0 Å². The lowest BCUT2D eigenvalue weighted by molar-refractivity contribution is -0.136. The normalized spacial score (nSPS) is 16.5. The molecule has 2 N–H and O–H groups in total. The quantitative estimate of drug-likeness (QED) is 0.831. The van der Waals surface area contributed by atoms with E-state index in [0.717, 1.165) is 0 Å². The molecule has 3 rings (SSSR count). The average Bonchev–Trinajstić information content (AvgIpc) is 2.53. The van der Waals surface area contributed by atoms with Crippen LogP contribution < -0.4 is 16.1 Å². The van der Waals surface area contributed by atoms with Gasteiger partial charge in [0.25, 0.3) is 0 Å². The number of nitrogens with zero attached hydrogens (tertiary/aromatic N) is 1. The Morgan fingerprint density at radius 2 is 2.04 bits per heavy atom. The zero-order valence-corrected chi connectivity index (χ0v) is 12.5. The highest BCUT2D eigenvalue weighted by atomic mass is 16.5. The lowest BCUT2D eigenvalue weighted by Crippen LogP contribution is -2.30. The van der Waals surface area contributed by atoms with Crippen LogP contribution in [0.4, 0.5) is 0 Å². The van der Waals surface area contributed by atoms with Crippen molar-refractivity contribution in [3.05, 3.63) is 69.4 Å². The number of rotatable bonds is 2. The third-order valence-electron chi connectivity index (χ3n) is 3.58. The number of ether oxygens (including phenoxy) is 2. The Hall–Kier alpha value is -3.09. The minimum Gasteiger partial charge on any atom is -0.465 e. The molecule has 0 amide bonds. The van der Waals surface area contributed by atoms with E-state index in [1.165, 1.54) is 7.11 Å². The molecule has 3 heterocycles. The van der Waals surface area contributed by atoms with Gasteiger partial charge in [-0.2, -0.15) is 0 Å². The van der Waals surface area contributed by atoms with Gasteiger partial charge in [0, 0.05) is 18.5 Å². The fraction of sp³-hybridized carbons (Fsp3) is 0.188. The van der Waals surface area contributed by atoms with Crippen LogP contribution in [0.5, 0.6) is 5.75 Å². The molecule has 0 saturated carbocycles. The zero-order chi connectivity index (χ0) is 16.6. The molecule has 7 nitrogen and oxygen atoms in total. The summed E-state index contributed by atoms with van der Waals surface area (Å²) < 4.78 is 15.4. The predicted molar refractivity (Wildman–Crippen MR) is 79.7 cm³/mol. The number of carbonyl (C=O) groups is 1. The van der Waals surface area contributed by atoms with Crippen LogP contribution >= 0.6 is 0 Å². The predicted octanol–water partition coefficient (Wildman–Crippen LogP) is 1.21. The Kier molecular flexibility index (Phi) is 3.61. The van der Waals surface area contributed by atoms with Crippen LogP contribution in [0.1, 0.15) is 22.8 Å². The number of fused-ring (bicyclic) bond motifs is 1. The Labute approximate surface area is 131 Å². The largest absolute Gasteiger partial charge is 0.465 e. The summed E-state index contributed by atoms with van der Waals surface area (Å²) in [7, 11) is 1.24. The van der Waals surface area contributed by atoms with Crippen molar-refractivity contribution in [2.45, 2.75) is 12.8 Å². The molecular formula is C16H14N2O5. The number of carbonyl (C=O) groups excluding carboxylic acids is 1. The summed E-state index contributed by atoms with van der Waals surface area (Å²) >= 11 is 0. The maximum absolute atomic E-state index is 12.4. The molecule has 2 aromatic heterocycles. The van der Waals surface area contributed by atoms with Crippen LogP contribution in [0.15, 0.2) is 51.3 Å². The van der Waals surface area contributed by atoms with Gasteiger partial charge >= 0.3 is 11.6 Å². The van der Waals surface area contributed by atoms with Crippen LogP contribution in [-0.2, 0) is 9.53 Å². The fourth-order valence-corrected chi connectivity index (χ4v) is 2.62. The molecule has 1 aliphatic heterocycles. The Morgan fingerprint density at radius 1 is 1.35 bits per heavy atom. The summed E-state index contributed by atoms with van der Waals surface area (Å²) in [6.45, 7) is 1.63. The van der Waals surface area contributed by atoms with Crippen molar-refractivity contribution in [2.75, 3.05) is 7.11 Å². The van der Waals surface area contributed by atoms with Gasteiger partial charge in [-0.05, 0) is 24.6 Å². The molecule has 7 heteroatoms. The first-order chi connectivity index (χ1) is 11.0. The number of nitrogens with two attached hydrogens (primary N) is 1. The summed E-state index contributed by atoms with van der Waals surface area (Å²) in [5.74, 6) is -0.862.